The van der Waals surface area contributed by atoms with Crippen molar-refractivity contribution in [3.63, 3.8) is 0 Å². The number of ether oxygens (including phenoxy) is 1. The van der Waals surface area contributed by atoms with E-state index in [4.69, 9.17) is 10.5 Å². The number of carbonyl (C=O) groups is 2. The third-order valence-corrected chi connectivity index (χ3v) is 4.26. The molecule has 2 aliphatic rings. The Bertz CT molecular complexity index is 412. The molecule has 0 saturated heterocycles. The van der Waals surface area contributed by atoms with Crippen LogP contribution in [0.25, 0.3) is 0 Å². The quantitative estimate of drug-likeness (QED) is 0.736. The van der Waals surface area contributed by atoms with Gasteiger partial charge in [-0.3, -0.25) is 4.79 Å². The molecule has 1 fully saturated rings. The Morgan fingerprint density at radius 1 is 1.45 bits per heavy atom. The van der Waals surface area contributed by atoms with Crippen molar-refractivity contribution in [2.45, 2.75) is 63.7 Å². The molecule has 3 atom stereocenters. The Hall–Kier alpha value is -1.20. The third-order valence-electron chi connectivity index (χ3n) is 4.26. The minimum atomic E-state index is -1.05. The van der Waals surface area contributed by atoms with E-state index < -0.39 is 24.2 Å². The number of hydrogen-bond donors (Lipinski definition) is 2. The Balaban J connectivity index is 1.95. The SMILES string of the molecule is CC(=O)[C@@H]1C=C([C@@H](O)C(N)CC2CCCCC2)C(=O)O1. The molecule has 0 spiro atoms. The van der Waals surface area contributed by atoms with Gasteiger partial charge in [0.05, 0.1) is 5.57 Å². The number of nitrogens with two attached hydrogens (primary N) is 1. The van der Waals surface area contributed by atoms with Gasteiger partial charge in [0.2, 0.25) is 0 Å². The Labute approximate surface area is 119 Å². The van der Waals surface area contributed by atoms with Crippen LogP contribution in [0.15, 0.2) is 11.6 Å². The summed E-state index contributed by atoms with van der Waals surface area (Å²) in [5.41, 5.74) is 6.16. The molecule has 1 heterocycles. The number of esters is 1. The van der Waals surface area contributed by atoms with Gasteiger partial charge in [-0.25, -0.2) is 4.79 Å². The van der Waals surface area contributed by atoms with E-state index in [1.165, 1.54) is 32.3 Å². The van der Waals surface area contributed by atoms with Gasteiger partial charge >= 0.3 is 5.97 Å². The minimum Gasteiger partial charge on any atom is -0.447 e. The van der Waals surface area contributed by atoms with E-state index in [2.05, 4.69) is 0 Å². The zero-order chi connectivity index (χ0) is 14.7. The Morgan fingerprint density at radius 3 is 2.65 bits per heavy atom. The van der Waals surface area contributed by atoms with Gasteiger partial charge in [-0.05, 0) is 25.3 Å². The van der Waals surface area contributed by atoms with Crippen LogP contribution in [-0.2, 0) is 14.3 Å². The summed E-state index contributed by atoms with van der Waals surface area (Å²) in [5, 5.41) is 10.2. The highest BCUT2D eigenvalue weighted by atomic mass is 16.6. The maximum absolute atomic E-state index is 11.7. The van der Waals surface area contributed by atoms with Crippen LogP contribution in [0.1, 0.15) is 45.4 Å². The lowest BCUT2D eigenvalue weighted by Crippen LogP contribution is -2.39. The first-order chi connectivity index (χ1) is 9.49. The number of rotatable bonds is 5. The Kier molecular flexibility index (Phi) is 4.94. The lowest BCUT2D eigenvalue weighted by molar-refractivity contribution is -0.146. The summed E-state index contributed by atoms with van der Waals surface area (Å²) in [4.78, 5) is 22.9. The second-order valence-corrected chi connectivity index (χ2v) is 5.91. The molecule has 0 aromatic heterocycles. The summed E-state index contributed by atoms with van der Waals surface area (Å²) in [6, 6.07) is -0.484. The smallest absolute Gasteiger partial charge is 0.337 e. The van der Waals surface area contributed by atoms with E-state index in [0.29, 0.717) is 12.3 Å². The van der Waals surface area contributed by atoms with Crippen LogP contribution in [0.5, 0.6) is 0 Å². The number of aliphatic hydroxyl groups is 1. The van der Waals surface area contributed by atoms with E-state index in [9.17, 15) is 14.7 Å². The minimum absolute atomic E-state index is 0.133. The van der Waals surface area contributed by atoms with Crippen LogP contribution in [-0.4, -0.2) is 35.1 Å². The van der Waals surface area contributed by atoms with Crippen LogP contribution < -0.4 is 5.73 Å². The molecule has 0 radical (unpaired) electrons. The van der Waals surface area contributed by atoms with E-state index in [-0.39, 0.29) is 11.4 Å². The molecular formula is C15H23NO4. The number of ketones is 1. The van der Waals surface area contributed by atoms with Crippen LogP contribution in [0.3, 0.4) is 0 Å². The predicted molar refractivity (Wildman–Crippen MR) is 73.8 cm³/mol. The van der Waals surface area contributed by atoms with Gasteiger partial charge in [0.25, 0.3) is 0 Å². The molecule has 5 nitrogen and oxygen atoms in total. The monoisotopic (exact) mass is 281 g/mol. The lowest BCUT2D eigenvalue weighted by Gasteiger charge is -2.26. The van der Waals surface area contributed by atoms with Gasteiger partial charge in [0.15, 0.2) is 11.9 Å². The van der Waals surface area contributed by atoms with Crippen LogP contribution >= 0.6 is 0 Å². The third kappa shape index (κ3) is 3.46. The van der Waals surface area contributed by atoms with E-state index in [1.807, 2.05) is 0 Å². The highest BCUT2D eigenvalue weighted by molar-refractivity contribution is 5.98. The maximum Gasteiger partial charge on any atom is 0.337 e. The molecule has 0 aromatic rings. The molecule has 0 aromatic carbocycles. The molecule has 1 saturated carbocycles. The standard InChI is InChI=1S/C15H23NO4/c1-9(17)13-8-11(15(19)20-13)14(18)12(16)7-10-5-3-2-4-6-10/h8,10,12-14,18H,2-7,16H2,1H3/t12?,13-,14+/m0/s1. The largest absolute Gasteiger partial charge is 0.447 e. The second kappa shape index (κ2) is 6.50. The van der Waals surface area contributed by atoms with Gasteiger partial charge in [0.1, 0.15) is 6.10 Å². The lowest BCUT2D eigenvalue weighted by atomic mass is 9.83. The fourth-order valence-corrected chi connectivity index (χ4v) is 3.04. The first kappa shape index (κ1) is 15.2. The predicted octanol–water partition coefficient (Wildman–Crippen LogP) is 1.09. The highest BCUT2D eigenvalue weighted by Gasteiger charge is 2.35. The van der Waals surface area contributed by atoms with Crippen molar-refractivity contribution in [3.8, 4) is 0 Å². The van der Waals surface area contributed by atoms with Crippen molar-refractivity contribution in [3.05, 3.63) is 11.6 Å². The molecule has 2 rings (SSSR count). The van der Waals surface area contributed by atoms with Crippen molar-refractivity contribution in [1.82, 2.24) is 0 Å². The van der Waals surface area contributed by atoms with Crippen molar-refractivity contribution in [2.75, 3.05) is 0 Å². The molecule has 1 unspecified atom stereocenters. The number of cyclic esters (lactones) is 1. The van der Waals surface area contributed by atoms with Crippen molar-refractivity contribution in [2.24, 2.45) is 11.7 Å². The molecule has 20 heavy (non-hydrogen) atoms. The zero-order valence-electron chi connectivity index (χ0n) is 11.9. The first-order valence-electron chi connectivity index (χ1n) is 7.36. The summed E-state index contributed by atoms with van der Waals surface area (Å²) in [6.45, 7) is 1.35. The molecule has 1 aliphatic heterocycles. The zero-order valence-corrected chi connectivity index (χ0v) is 11.9. The van der Waals surface area contributed by atoms with Gasteiger partial charge in [-0.2, -0.15) is 0 Å². The van der Waals surface area contributed by atoms with Gasteiger partial charge < -0.3 is 15.6 Å². The Morgan fingerprint density at radius 2 is 2.10 bits per heavy atom. The summed E-state index contributed by atoms with van der Waals surface area (Å²) in [7, 11) is 0. The fourth-order valence-electron chi connectivity index (χ4n) is 3.04. The van der Waals surface area contributed by atoms with Crippen molar-refractivity contribution >= 4 is 11.8 Å². The summed E-state index contributed by atoms with van der Waals surface area (Å²) in [6.07, 6.45) is 6.16. The van der Waals surface area contributed by atoms with E-state index >= 15 is 0 Å². The van der Waals surface area contributed by atoms with Crippen molar-refractivity contribution < 1.29 is 19.4 Å². The van der Waals surface area contributed by atoms with Crippen LogP contribution in [0.2, 0.25) is 0 Å². The summed E-state index contributed by atoms with van der Waals surface area (Å²) >= 11 is 0. The number of hydrogen-bond acceptors (Lipinski definition) is 5. The molecule has 3 N–H and O–H groups in total. The summed E-state index contributed by atoms with van der Waals surface area (Å²) in [5.74, 6) is -0.353. The summed E-state index contributed by atoms with van der Waals surface area (Å²) < 4.78 is 4.90. The average molecular weight is 281 g/mol. The van der Waals surface area contributed by atoms with Gasteiger partial charge in [-0.15, -0.1) is 0 Å². The first-order valence-corrected chi connectivity index (χ1v) is 7.36. The number of Topliss-reactive ketones (excluding diaryl/α,β-unsaturated/α-hetero) is 1. The number of carbonyl (C=O) groups excluding carboxylic acids is 2. The second-order valence-electron chi connectivity index (χ2n) is 5.91. The molecule has 5 heteroatoms. The normalized spacial score (nSPS) is 26.9. The van der Waals surface area contributed by atoms with E-state index in [1.54, 1.807) is 0 Å². The van der Waals surface area contributed by atoms with E-state index in [0.717, 1.165) is 12.8 Å². The van der Waals surface area contributed by atoms with Crippen LogP contribution in [0.4, 0.5) is 0 Å². The highest BCUT2D eigenvalue weighted by Crippen LogP contribution is 2.29. The van der Waals surface area contributed by atoms with Crippen LogP contribution in [0, 0.1) is 5.92 Å². The molecule has 112 valence electrons. The maximum atomic E-state index is 11.7. The fraction of sp³-hybridized carbons (Fsp3) is 0.733. The molecule has 1 aliphatic carbocycles. The van der Waals surface area contributed by atoms with Crippen molar-refractivity contribution in [1.29, 1.82) is 0 Å². The number of aliphatic hydroxyl groups excluding tert-OH is 1. The average Bonchev–Trinajstić information content (AvgIpc) is 2.81. The van der Waals surface area contributed by atoms with Gasteiger partial charge in [-0.1, -0.05) is 32.1 Å². The molecule has 0 amide bonds. The molecule has 0 bridgehead atoms. The van der Waals surface area contributed by atoms with Gasteiger partial charge in [0, 0.05) is 6.04 Å². The topological polar surface area (TPSA) is 89.6 Å². The molecular weight excluding hydrogens is 258 g/mol.